The first-order valence-corrected chi connectivity index (χ1v) is 8.42. The highest BCUT2D eigenvalue weighted by Gasteiger charge is 2.33. The number of primary amides is 1. The van der Waals surface area contributed by atoms with Gasteiger partial charge in [0.05, 0.1) is 6.10 Å². The van der Waals surface area contributed by atoms with Crippen molar-refractivity contribution in [1.29, 1.82) is 0 Å². The highest BCUT2D eigenvalue weighted by atomic mass is 16.3. The Morgan fingerprint density at radius 1 is 1.39 bits per heavy atom. The van der Waals surface area contributed by atoms with Crippen LogP contribution in [-0.4, -0.2) is 48.2 Å². The van der Waals surface area contributed by atoms with Gasteiger partial charge in [0, 0.05) is 13.1 Å². The molecule has 2 unspecified atom stereocenters. The fraction of sp³-hybridized carbons (Fsp3) is 0.611. The third-order valence-corrected chi connectivity index (χ3v) is 4.88. The SMILES string of the molecule is CC1CCN(CC(O)CNC(C)(C(N)=O)c2ccccc2)CC1. The van der Waals surface area contributed by atoms with Crippen molar-refractivity contribution in [2.75, 3.05) is 26.2 Å². The summed E-state index contributed by atoms with van der Waals surface area (Å²) in [6, 6.07) is 9.40. The van der Waals surface area contributed by atoms with E-state index in [2.05, 4.69) is 17.1 Å². The summed E-state index contributed by atoms with van der Waals surface area (Å²) >= 11 is 0. The number of piperidine rings is 1. The van der Waals surface area contributed by atoms with Gasteiger partial charge in [-0.1, -0.05) is 37.3 Å². The first-order chi connectivity index (χ1) is 10.9. The molecule has 0 saturated carbocycles. The Bertz CT molecular complexity index is 500. The molecule has 0 bridgehead atoms. The summed E-state index contributed by atoms with van der Waals surface area (Å²) in [6.45, 7) is 7.06. The lowest BCUT2D eigenvalue weighted by molar-refractivity contribution is -0.124. The number of aliphatic hydroxyl groups is 1. The second-order valence-electron chi connectivity index (χ2n) is 6.87. The Kier molecular flexibility index (Phi) is 6.16. The van der Waals surface area contributed by atoms with Crippen LogP contribution in [0.5, 0.6) is 0 Å². The van der Waals surface area contributed by atoms with E-state index in [1.54, 1.807) is 6.92 Å². The van der Waals surface area contributed by atoms with E-state index in [1.807, 2.05) is 30.3 Å². The first-order valence-electron chi connectivity index (χ1n) is 8.42. The Balaban J connectivity index is 1.90. The Morgan fingerprint density at radius 2 is 2.00 bits per heavy atom. The molecule has 128 valence electrons. The predicted octanol–water partition coefficient (Wildman–Crippen LogP) is 1.07. The molecular weight excluding hydrogens is 290 g/mol. The summed E-state index contributed by atoms with van der Waals surface area (Å²) in [7, 11) is 0. The fourth-order valence-electron chi connectivity index (χ4n) is 3.03. The van der Waals surface area contributed by atoms with Gasteiger partial charge in [0.15, 0.2) is 0 Å². The summed E-state index contributed by atoms with van der Waals surface area (Å²) in [4.78, 5) is 14.2. The number of nitrogens with one attached hydrogen (secondary N) is 1. The predicted molar refractivity (Wildman–Crippen MR) is 91.8 cm³/mol. The lowest BCUT2D eigenvalue weighted by atomic mass is 9.91. The number of carbonyl (C=O) groups excluding carboxylic acids is 1. The van der Waals surface area contributed by atoms with Gasteiger partial charge in [0.25, 0.3) is 0 Å². The van der Waals surface area contributed by atoms with Gasteiger partial charge in [-0.15, -0.1) is 0 Å². The molecule has 1 aromatic carbocycles. The Morgan fingerprint density at radius 3 is 2.57 bits per heavy atom. The minimum atomic E-state index is -0.974. The minimum absolute atomic E-state index is 0.334. The smallest absolute Gasteiger partial charge is 0.242 e. The summed E-state index contributed by atoms with van der Waals surface area (Å²) in [5.41, 5.74) is 5.43. The van der Waals surface area contributed by atoms with E-state index in [-0.39, 0.29) is 0 Å². The zero-order chi connectivity index (χ0) is 16.9. The zero-order valence-electron chi connectivity index (χ0n) is 14.2. The number of likely N-dealkylation sites (tertiary alicyclic amines) is 1. The van der Waals surface area contributed by atoms with E-state index in [9.17, 15) is 9.90 Å². The van der Waals surface area contributed by atoms with Gasteiger partial charge < -0.3 is 15.7 Å². The van der Waals surface area contributed by atoms with Crippen molar-refractivity contribution in [3.63, 3.8) is 0 Å². The largest absolute Gasteiger partial charge is 0.390 e. The molecule has 1 aromatic rings. The number of β-amino-alcohol motifs (C(OH)–C–C–N with tert-alkyl or cyclic N) is 1. The van der Waals surface area contributed by atoms with Gasteiger partial charge in [-0.3, -0.25) is 10.1 Å². The van der Waals surface area contributed by atoms with Crippen molar-refractivity contribution in [2.24, 2.45) is 11.7 Å². The van der Waals surface area contributed by atoms with Crippen LogP contribution in [0.4, 0.5) is 0 Å². The van der Waals surface area contributed by atoms with E-state index in [0.717, 1.165) is 24.6 Å². The fourth-order valence-corrected chi connectivity index (χ4v) is 3.03. The van der Waals surface area contributed by atoms with E-state index in [0.29, 0.717) is 13.1 Å². The quantitative estimate of drug-likeness (QED) is 0.702. The summed E-state index contributed by atoms with van der Waals surface area (Å²) < 4.78 is 0. The monoisotopic (exact) mass is 319 g/mol. The van der Waals surface area contributed by atoms with Crippen LogP contribution in [0.15, 0.2) is 30.3 Å². The molecule has 0 aliphatic carbocycles. The molecule has 5 heteroatoms. The number of amides is 1. The molecule has 23 heavy (non-hydrogen) atoms. The van der Waals surface area contributed by atoms with Crippen LogP contribution in [0.1, 0.15) is 32.3 Å². The highest BCUT2D eigenvalue weighted by Crippen LogP contribution is 2.20. The van der Waals surface area contributed by atoms with E-state index in [4.69, 9.17) is 5.73 Å². The third kappa shape index (κ3) is 4.77. The first kappa shape index (κ1) is 17.9. The number of nitrogens with zero attached hydrogens (tertiary/aromatic N) is 1. The number of aliphatic hydroxyl groups excluding tert-OH is 1. The van der Waals surface area contributed by atoms with Crippen LogP contribution in [0.25, 0.3) is 0 Å². The second-order valence-corrected chi connectivity index (χ2v) is 6.87. The van der Waals surface area contributed by atoms with Crippen LogP contribution < -0.4 is 11.1 Å². The van der Waals surface area contributed by atoms with Gasteiger partial charge in [-0.2, -0.15) is 0 Å². The molecule has 1 saturated heterocycles. The molecule has 1 aliphatic rings. The summed E-state index contributed by atoms with van der Waals surface area (Å²) in [6.07, 6.45) is 1.84. The van der Waals surface area contributed by atoms with Gasteiger partial charge in [0.1, 0.15) is 5.54 Å². The minimum Gasteiger partial charge on any atom is -0.390 e. The Labute approximate surface area is 138 Å². The van der Waals surface area contributed by atoms with Crippen molar-refractivity contribution in [3.05, 3.63) is 35.9 Å². The van der Waals surface area contributed by atoms with Crippen LogP contribution in [0, 0.1) is 5.92 Å². The lowest BCUT2D eigenvalue weighted by Gasteiger charge is -2.33. The molecule has 1 heterocycles. The number of benzene rings is 1. The molecule has 1 fully saturated rings. The maximum Gasteiger partial charge on any atom is 0.242 e. The van der Waals surface area contributed by atoms with E-state index in [1.165, 1.54) is 12.8 Å². The summed E-state index contributed by atoms with van der Waals surface area (Å²) in [5, 5.41) is 13.5. The van der Waals surface area contributed by atoms with E-state index >= 15 is 0 Å². The van der Waals surface area contributed by atoms with Gasteiger partial charge in [-0.05, 0) is 44.3 Å². The molecule has 0 radical (unpaired) electrons. The molecular formula is C18H29N3O2. The number of carbonyl (C=O) groups is 1. The van der Waals surface area contributed by atoms with Crippen molar-refractivity contribution in [2.45, 2.75) is 38.3 Å². The van der Waals surface area contributed by atoms with Gasteiger partial charge in [-0.25, -0.2) is 0 Å². The van der Waals surface area contributed by atoms with Crippen molar-refractivity contribution < 1.29 is 9.90 Å². The number of hydrogen-bond acceptors (Lipinski definition) is 4. The normalized spacial score (nSPS) is 20.8. The molecule has 5 nitrogen and oxygen atoms in total. The highest BCUT2D eigenvalue weighted by molar-refractivity contribution is 5.85. The number of rotatable bonds is 7. The third-order valence-electron chi connectivity index (χ3n) is 4.88. The van der Waals surface area contributed by atoms with Crippen LogP contribution in [0.2, 0.25) is 0 Å². The molecule has 1 amide bonds. The molecule has 0 spiro atoms. The van der Waals surface area contributed by atoms with Gasteiger partial charge in [0.2, 0.25) is 5.91 Å². The molecule has 1 aliphatic heterocycles. The second kappa shape index (κ2) is 7.90. The van der Waals surface area contributed by atoms with Crippen LogP contribution in [-0.2, 0) is 10.3 Å². The molecule has 0 aromatic heterocycles. The topological polar surface area (TPSA) is 78.6 Å². The standard InChI is InChI=1S/C18H29N3O2/c1-14-8-10-21(11-9-14)13-16(22)12-20-18(2,17(19)23)15-6-4-3-5-7-15/h3-7,14,16,20,22H,8-13H2,1-2H3,(H2,19,23). The summed E-state index contributed by atoms with van der Waals surface area (Å²) in [5.74, 6) is 0.334. The lowest BCUT2D eigenvalue weighted by Crippen LogP contribution is -2.53. The van der Waals surface area contributed by atoms with Crippen LogP contribution >= 0.6 is 0 Å². The maximum atomic E-state index is 11.9. The Hall–Kier alpha value is -1.43. The molecule has 2 atom stereocenters. The van der Waals surface area contributed by atoms with Crippen molar-refractivity contribution >= 4 is 5.91 Å². The number of nitrogens with two attached hydrogens (primary N) is 1. The molecule has 4 N–H and O–H groups in total. The number of hydrogen-bond donors (Lipinski definition) is 3. The van der Waals surface area contributed by atoms with Crippen molar-refractivity contribution in [3.8, 4) is 0 Å². The maximum absolute atomic E-state index is 11.9. The van der Waals surface area contributed by atoms with Crippen LogP contribution in [0.3, 0.4) is 0 Å². The zero-order valence-corrected chi connectivity index (χ0v) is 14.2. The van der Waals surface area contributed by atoms with Crippen molar-refractivity contribution in [1.82, 2.24) is 10.2 Å². The van der Waals surface area contributed by atoms with Gasteiger partial charge >= 0.3 is 0 Å². The molecule has 2 rings (SSSR count). The average molecular weight is 319 g/mol. The van der Waals surface area contributed by atoms with E-state index < -0.39 is 17.6 Å². The average Bonchev–Trinajstić information content (AvgIpc) is 2.55.